The second kappa shape index (κ2) is 7.93. The minimum absolute atomic E-state index is 0.0303. The number of hydrogen-bond donors (Lipinski definition) is 2. The van der Waals surface area contributed by atoms with Crippen molar-refractivity contribution in [1.82, 2.24) is 15.8 Å². The zero-order valence-corrected chi connectivity index (χ0v) is 14.1. The van der Waals surface area contributed by atoms with Gasteiger partial charge in [-0.3, -0.25) is 10.2 Å². The number of likely N-dealkylation sites (tertiary alicyclic amines) is 1. The van der Waals surface area contributed by atoms with Gasteiger partial charge in [-0.2, -0.15) is 0 Å². The van der Waals surface area contributed by atoms with E-state index in [9.17, 15) is 4.79 Å². The molecule has 2 aliphatic heterocycles. The van der Waals surface area contributed by atoms with Gasteiger partial charge in [0, 0.05) is 19.1 Å². The summed E-state index contributed by atoms with van der Waals surface area (Å²) in [7, 11) is 0. The Morgan fingerprint density at radius 3 is 2.61 bits per heavy atom. The van der Waals surface area contributed by atoms with E-state index in [-0.39, 0.29) is 11.9 Å². The number of carbonyl (C=O) groups is 1. The molecule has 4 heteroatoms. The van der Waals surface area contributed by atoms with Gasteiger partial charge < -0.3 is 4.90 Å². The smallest absolute Gasteiger partial charge is 0.241 e. The molecule has 0 aromatic heterocycles. The van der Waals surface area contributed by atoms with Crippen molar-refractivity contribution < 1.29 is 4.79 Å². The van der Waals surface area contributed by atoms with Crippen LogP contribution in [0.1, 0.15) is 44.6 Å². The molecule has 0 bridgehead atoms. The summed E-state index contributed by atoms with van der Waals surface area (Å²) in [5.41, 5.74) is 7.89. The lowest BCUT2D eigenvalue weighted by molar-refractivity contribution is -0.134. The highest BCUT2D eigenvalue weighted by Crippen LogP contribution is 2.23. The molecule has 2 unspecified atom stereocenters. The SMILES string of the molecule is CCCC1CC(C(=O)N2CCC(Cc3ccccc3)CC2)NN1. The third-order valence-corrected chi connectivity index (χ3v) is 5.21. The average molecular weight is 315 g/mol. The predicted octanol–water partition coefficient (Wildman–Crippen LogP) is 2.50. The quantitative estimate of drug-likeness (QED) is 0.877. The maximum Gasteiger partial charge on any atom is 0.241 e. The van der Waals surface area contributed by atoms with Crippen LogP contribution in [0.5, 0.6) is 0 Å². The monoisotopic (exact) mass is 315 g/mol. The molecule has 2 saturated heterocycles. The molecule has 1 aromatic rings. The zero-order chi connectivity index (χ0) is 16.1. The van der Waals surface area contributed by atoms with Crippen molar-refractivity contribution in [2.75, 3.05) is 13.1 Å². The Morgan fingerprint density at radius 1 is 1.17 bits per heavy atom. The predicted molar refractivity (Wildman–Crippen MR) is 92.8 cm³/mol. The van der Waals surface area contributed by atoms with E-state index in [0.717, 1.165) is 51.6 Å². The van der Waals surface area contributed by atoms with Crippen LogP contribution in [0.4, 0.5) is 0 Å². The summed E-state index contributed by atoms with van der Waals surface area (Å²) in [6.07, 6.45) is 6.61. The number of nitrogens with one attached hydrogen (secondary N) is 2. The first kappa shape index (κ1) is 16.5. The molecule has 0 aliphatic carbocycles. The van der Waals surface area contributed by atoms with Crippen LogP contribution in [0, 0.1) is 5.92 Å². The summed E-state index contributed by atoms with van der Waals surface area (Å²) in [4.78, 5) is 14.7. The maximum absolute atomic E-state index is 12.6. The number of amides is 1. The number of rotatable bonds is 5. The highest BCUT2D eigenvalue weighted by molar-refractivity contribution is 5.82. The largest absolute Gasteiger partial charge is 0.341 e. The number of benzene rings is 1. The molecule has 2 heterocycles. The van der Waals surface area contributed by atoms with Gasteiger partial charge in [-0.25, -0.2) is 5.43 Å². The van der Waals surface area contributed by atoms with Crippen molar-refractivity contribution in [2.24, 2.45) is 5.92 Å². The number of nitrogens with zero attached hydrogens (tertiary/aromatic N) is 1. The summed E-state index contributed by atoms with van der Waals surface area (Å²) in [6.45, 7) is 4.01. The molecular formula is C19H29N3O. The van der Waals surface area contributed by atoms with E-state index in [2.05, 4.69) is 53.0 Å². The number of piperidine rings is 1. The number of hydrazine groups is 1. The molecule has 126 valence electrons. The van der Waals surface area contributed by atoms with E-state index in [1.54, 1.807) is 0 Å². The van der Waals surface area contributed by atoms with E-state index in [4.69, 9.17) is 0 Å². The van der Waals surface area contributed by atoms with Crippen molar-refractivity contribution in [3.05, 3.63) is 35.9 Å². The van der Waals surface area contributed by atoms with Gasteiger partial charge >= 0.3 is 0 Å². The van der Waals surface area contributed by atoms with E-state index >= 15 is 0 Å². The van der Waals surface area contributed by atoms with Crippen molar-refractivity contribution in [1.29, 1.82) is 0 Å². The van der Waals surface area contributed by atoms with Gasteiger partial charge in [-0.1, -0.05) is 43.7 Å². The lowest BCUT2D eigenvalue weighted by atomic mass is 9.90. The van der Waals surface area contributed by atoms with Crippen LogP contribution in [-0.4, -0.2) is 36.0 Å². The van der Waals surface area contributed by atoms with Crippen LogP contribution in [0.15, 0.2) is 30.3 Å². The molecule has 3 rings (SSSR count). The first-order valence-corrected chi connectivity index (χ1v) is 9.10. The van der Waals surface area contributed by atoms with Gasteiger partial charge in [0.05, 0.1) is 0 Å². The third kappa shape index (κ3) is 4.33. The van der Waals surface area contributed by atoms with Crippen molar-refractivity contribution in [3.8, 4) is 0 Å². The molecule has 2 N–H and O–H groups in total. The minimum atomic E-state index is -0.0303. The number of carbonyl (C=O) groups excluding carboxylic acids is 1. The van der Waals surface area contributed by atoms with Gasteiger partial charge in [0.2, 0.25) is 5.91 Å². The lowest BCUT2D eigenvalue weighted by Gasteiger charge is -2.33. The van der Waals surface area contributed by atoms with E-state index < -0.39 is 0 Å². The van der Waals surface area contributed by atoms with Gasteiger partial charge in [-0.05, 0) is 43.6 Å². The summed E-state index contributed by atoms with van der Waals surface area (Å²) in [5.74, 6) is 0.998. The maximum atomic E-state index is 12.6. The summed E-state index contributed by atoms with van der Waals surface area (Å²) in [6, 6.07) is 11.1. The topological polar surface area (TPSA) is 44.4 Å². The molecule has 1 amide bonds. The molecule has 2 atom stereocenters. The van der Waals surface area contributed by atoms with Crippen molar-refractivity contribution in [3.63, 3.8) is 0 Å². The first-order chi connectivity index (χ1) is 11.3. The molecule has 2 aliphatic rings. The van der Waals surface area contributed by atoms with E-state index in [1.807, 2.05) is 0 Å². The molecule has 0 saturated carbocycles. The Kier molecular flexibility index (Phi) is 5.68. The standard InChI is InChI=1S/C19H29N3O/c1-2-6-17-14-18(21-20-17)19(23)22-11-9-16(10-12-22)13-15-7-4-3-5-8-15/h3-5,7-8,16-18,20-21H,2,6,9-14H2,1H3. The lowest BCUT2D eigenvalue weighted by Crippen LogP contribution is -2.48. The molecule has 2 fully saturated rings. The minimum Gasteiger partial charge on any atom is -0.341 e. The Morgan fingerprint density at radius 2 is 1.91 bits per heavy atom. The molecule has 0 radical (unpaired) electrons. The Balaban J connectivity index is 1.44. The van der Waals surface area contributed by atoms with Crippen LogP contribution in [0.25, 0.3) is 0 Å². The van der Waals surface area contributed by atoms with Crippen LogP contribution in [0.2, 0.25) is 0 Å². The molecule has 23 heavy (non-hydrogen) atoms. The van der Waals surface area contributed by atoms with Gasteiger partial charge in [0.15, 0.2) is 0 Å². The zero-order valence-electron chi connectivity index (χ0n) is 14.1. The Bertz CT molecular complexity index is 497. The number of hydrogen-bond acceptors (Lipinski definition) is 3. The fraction of sp³-hybridized carbons (Fsp3) is 0.632. The van der Waals surface area contributed by atoms with Crippen LogP contribution in [0.3, 0.4) is 0 Å². The molecule has 1 aromatic carbocycles. The van der Waals surface area contributed by atoms with Crippen LogP contribution >= 0.6 is 0 Å². The highest BCUT2D eigenvalue weighted by atomic mass is 16.2. The molecule has 4 nitrogen and oxygen atoms in total. The Hall–Kier alpha value is -1.39. The fourth-order valence-corrected chi connectivity index (χ4v) is 3.85. The average Bonchev–Trinajstić information content (AvgIpc) is 3.05. The van der Waals surface area contributed by atoms with Crippen molar-refractivity contribution >= 4 is 5.91 Å². The van der Waals surface area contributed by atoms with Crippen LogP contribution in [-0.2, 0) is 11.2 Å². The summed E-state index contributed by atoms with van der Waals surface area (Å²) < 4.78 is 0. The van der Waals surface area contributed by atoms with E-state index in [0.29, 0.717) is 12.0 Å². The second-order valence-electron chi connectivity index (χ2n) is 7.02. The summed E-state index contributed by atoms with van der Waals surface area (Å²) in [5, 5.41) is 0. The fourth-order valence-electron chi connectivity index (χ4n) is 3.85. The Labute approximate surface area is 139 Å². The summed E-state index contributed by atoms with van der Waals surface area (Å²) >= 11 is 0. The second-order valence-corrected chi connectivity index (χ2v) is 7.02. The molecule has 0 spiro atoms. The highest BCUT2D eigenvalue weighted by Gasteiger charge is 2.33. The van der Waals surface area contributed by atoms with E-state index in [1.165, 1.54) is 5.56 Å². The van der Waals surface area contributed by atoms with Gasteiger partial charge in [0.25, 0.3) is 0 Å². The van der Waals surface area contributed by atoms with Crippen molar-refractivity contribution in [2.45, 2.75) is 57.5 Å². The van der Waals surface area contributed by atoms with Crippen LogP contribution < -0.4 is 10.9 Å². The third-order valence-electron chi connectivity index (χ3n) is 5.21. The normalized spacial score (nSPS) is 25.7. The van der Waals surface area contributed by atoms with Gasteiger partial charge in [-0.15, -0.1) is 0 Å². The molecular weight excluding hydrogens is 286 g/mol. The first-order valence-electron chi connectivity index (χ1n) is 9.10. The van der Waals surface area contributed by atoms with Gasteiger partial charge in [0.1, 0.15) is 6.04 Å².